The smallest absolute Gasteiger partial charge is 0.336 e. The van der Waals surface area contributed by atoms with Gasteiger partial charge in [0.05, 0.1) is 11.1 Å². The molecular weight excluding hydrogens is 404 g/mol. The van der Waals surface area contributed by atoms with Gasteiger partial charge in [-0.3, -0.25) is 4.79 Å². The van der Waals surface area contributed by atoms with Crippen molar-refractivity contribution in [3.63, 3.8) is 0 Å². The number of benzene rings is 4. The average Bonchev–Trinajstić information content (AvgIpc) is 2.83. The van der Waals surface area contributed by atoms with Crippen molar-refractivity contribution in [2.75, 3.05) is 0 Å². The van der Waals surface area contributed by atoms with E-state index in [1.165, 1.54) is 18.2 Å². The van der Waals surface area contributed by atoms with Crippen LogP contribution in [0.4, 0.5) is 0 Å². The van der Waals surface area contributed by atoms with E-state index in [1.54, 1.807) is 36.4 Å². The Morgan fingerprint density at radius 2 is 0.969 bits per heavy atom. The van der Waals surface area contributed by atoms with Crippen molar-refractivity contribution in [1.29, 1.82) is 0 Å². The van der Waals surface area contributed by atoms with Gasteiger partial charge in [-0.15, -0.1) is 0 Å². The molecule has 4 rings (SSSR count). The molecule has 32 heavy (non-hydrogen) atoms. The Kier molecular flexibility index (Phi) is 5.64. The summed E-state index contributed by atoms with van der Waals surface area (Å²) < 4.78 is 0. The Labute approximate surface area is 184 Å². The Morgan fingerprint density at radius 3 is 1.53 bits per heavy atom. The van der Waals surface area contributed by atoms with Crippen molar-refractivity contribution in [3.05, 3.63) is 119 Å². The Balaban J connectivity index is 1.85. The van der Waals surface area contributed by atoms with Crippen molar-refractivity contribution >= 4 is 17.7 Å². The molecular formula is C27H18O5. The minimum absolute atomic E-state index is 0.209. The molecule has 0 saturated heterocycles. The van der Waals surface area contributed by atoms with E-state index in [-0.39, 0.29) is 16.9 Å². The highest BCUT2D eigenvalue weighted by Crippen LogP contribution is 2.31. The lowest BCUT2D eigenvalue weighted by molar-refractivity contribution is 0.0651. The van der Waals surface area contributed by atoms with E-state index in [1.807, 2.05) is 42.5 Å². The average molecular weight is 422 g/mol. The summed E-state index contributed by atoms with van der Waals surface area (Å²) in [5.74, 6) is -2.88. The minimum Gasteiger partial charge on any atom is -0.478 e. The molecule has 0 aliphatic rings. The molecule has 0 bridgehead atoms. The highest BCUT2D eigenvalue weighted by Gasteiger charge is 2.21. The lowest BCUT2D eigenvalue weighted by Gasteiger charge is -2.13. The van der Waals surface area contributed by atoms with E-state index in [0.717, 1.165) is 11.1 Å². The second-order valence-electron chi connectivity index (χ2n) is 7.16. The van der Waals surface area contributed by atoms with E-state index < -0.39 is 11.9 Å². The molecule has 0 amide bonds. The topological polar surface area (TPSA) is 91.7 Å². The van der Waals surface area contributed by atoms with Crippen LogP contribution >= 0.6 is 0 Å². The number of hydrogen-bond donors (Lipinski definition) is 2. The van der Waals surface area contributed by atoms with Crippen molar-refractivity contribution in [2.24, 2.45) is 0 Å². The van der Waals surface area contributed by atoms with Gasteiger partial charge in [-0.1, -0.05) is 84.9 Å². The predicted octanol–water partition coefficient (Wildman–Crippen LogP) is 5.65. The number of carboxylic acid groups (broad SMARTS) is 2. The molecule has 0 unspecified atom stereocenters. The first-order chi connectivity index (χ1) is 15.5. The summed E-state index contributed by atoms with van der Waals surface area (Å²) in [5.41, 5.74) is 2.96. The van der Waals surface area contributed by atoms with Gasteiger partial charge in [-0.25, -0.2) is 9.59 Å². The maximum absolute atomic E-state index is 13.6. The van der Waals surface area contributed by atoms with Crippen LogP contribution in [0.1, 0.15) is 36.6 Å². The molecule has 0 fully saturated rings. The molecule has 0 aliphatic carbocycles. The second kappa shape index (κ2) is 8.70. The van der Waals surface area contributed by atoms with E-state index in [9.17, 15) is 24.6 Å². The molecule has 5 heteroatoms. The highest BCUT2D eigenvalue weighted by atomic mass is 16.4. The first-order valence-corrected chi connectivity index (χ1v) is 9.86. The monoisotopic (exact) mass is 422 g/mol. The van der Waals surface area contributed by atoms with Crippen molar-refractivity contribution in [2.45, 2.75) is 0 Å². The first-order valence-electron chi connectivity index (χ1n) is 9.86. The van der Waals surface area contributed by atoms with Gasteiger partial charge in [0.2, 0.25) is 0 Å². The fraction of sp³-hybridized carbons (Fsp3) is 0. The molecule has 5 nitrogen and oxygen atoms in total. The summed E-state index contributed by atoms with van der Waals surface area (Å²) in [4.78, 5) is 36.6. The van der Waals surface area contributed by atoms with E-state index in [0.29, 0.717) is 22.3 Å². The van der Waals surface area contributed by atoms with Crippen LogP contribution in [0.3, 0.4) is 0 Å². The van der Waals surface area contributed by atoms with Gasteiger partial charge in [-0.05, 0) is 34.4 Å². The number of hydrogen-bond acceptors (Lipinski definition) is 3. The third-order valence-corrected chi connectivity index (χ3v) is 5.22. The standard InChI is InChI=1S/C27H18O5/c28-25(21-12-6-4-10-19(21)17-8-2-1-3-9-17)22-13-7-5-11-20(22)18-14-15-23(26(29)30)24(16-18)27(31)32/h1-16H,(H,29,30)(H,31,32). The lowest BCUT2D eigenvalue weighted by atomic mass is 9.89. The van der Waals surface area contributed by atoms with Gasteiger partial charge >= 0.3 is 11.9 Å². The third-order valence-electron chi connectivity index (χ3n) is 5.22. The molecule has 0 heterocycles. The normalized spacial score (nSPS) is 10.5. The Hall–Kier alpha value is -4.51. The van der Waals surface area contributed by atoms with E-state index >= 15 is 0 Å². The first kappa shape index (κ1) is 20.8. The predicted molar refractivity (Wildman–Crippen MR) is 121 cm³/mol. The van der Waals surface area contributed by atoms with Gasteiger partial charge in [0.25, 0.3) is 0 Å². The van der Waals surface area contributed by atoms with Crippen LogP contribution < -0.4 is 0 Å². The van der Waals surface area contributed by atoms with Gasteiger partial charge in [0.15, 0.2) is 5.78 Å². The quantitative estimate of drug-likeness (QED) is 0.392. The van der Waals surface area contributed by atoms with Crippen LogP contribution in [0.25, 0.3) is 22.3 Å². The van der Waals surface area contributed by atoms with Crippen LogP contribution in [-0.4, -0.2) is 27.9 Å². The Bertz CT molecular complexity index is 1340. The van der Waals surface area contributed by atoms with Gasteiger partial charge < -0.3 is 10.2 Å². The Morgan fingerprint density at radius 1 is 0.469 bits per heavy atom. The summed E-state index contributed by atoms with van der Waals surface area (Å²) in [6.07, 6.45) is 0. The molecule has 2 N–H and O–H groups in total. The molecule has 0 saturated carbocycles. The molecule has 0 atom stereocenters. The number of rotatable bonds is 6. The summed E-state index contributed by atoms with van der Waals surface area (Å²) >= 11 is 0. The van der Waals surface area contributed by atoms with Crippen LogP contribution in [0.5, 0.6) is 0 Å². The van der Waals surface area contributed by atoms with E-state index in [2.05, 4.69) is 0 Å². The zero-order valence-electron chi connectivity index (χ0n) is 16.9. The van der Waals surface area contributed by atoms with Gasteiger partial charge in [0, 0.05) is 11.1 Å². The second-order valence-corrected chi connectivity index (χ2v) is 7.16. The maximum atomic E-state index is 13.6. The molecule has 156 valence electrons. The largest absolute Gasteiger partial charge is 0.478 e. The summed E-state index contributed by atoms with van der Waals surface area (Å²) in [6, 6.07) is 27.9. The SMILES string of the molecule is O=C(O)c1ccc(-c2ccccc2C(=O)c2ccccc2-c2ccccc2)cc1C(=O)O. The van der Waals surface area contributed by atoms with Crippen molar-refractivity contribution in [3.8, 4) is 22.3 Å². The van der Waals surface area contributed by atoms with Crippen LogP contribution in [0.2, 0.25) is 0 Å². The van der Waals surface area contributed by atoms with E-state index in [4.69, 9.17) is 0 Å². The maximum Gasteiger partial charge on any atom is 0.336 e. The van der Waals surface area contributed by atoms with Crippen LogP contribution in [0.15, 0.2) is 97.1 Å². The summed E-state index contributed by atoms with van der Waals surface area (Å²) in [5, 5.41) is 18.8. The van der Waals surface area contributed by atoms with Gasteiger partial charge in [-0.2, -0.15) is 0 Å². The highest BCUT2D eigenvalue weighted by molar-refractivity contribution is 6.16. The number of carboxylic acids is 2. The molecule has 4 aromatic carbocycles. The third kappa shape index (κ3) is 3.91. The van der Waals surface area contributed by atoms with Crippen LogP contribution in [-0.2, 0) is 0 Å². The summed E-state index contributed by atoms with van der Waals surface area (Å²) in [6.45, 7) is 0. The number of carbonyl (C=O) groups is 3. The zero-order chi connectivity index (χ0) is 22.7. The van der Waals surface area contributed by atoms with Gasteiger partial charge in [0.1, 0.15) is 0 Å². The number of carbonyl (C=O) groups excluding carboxylic acids is 1. The van der Waals surface area contributed by atoms with Crippen LogP contribution in [0, 0.1) is 0 Å². The molecule has 0 aliphatic heterocycles. The fourth-order valence-electron chi connectivity index (χ4n) is 3.70. The fourth-order valence-corrected chi connectivity index (χ4v) is 3.70. The molecule has 0 radical (unpaired) electrons. The molecule has 4 aromatic rings. The number of ketones is 1. The zero-order valence-corrected chi connectivity index (χ0v) is 16.9. The summed E-state index contributed by atoms with van der Waals surface area (Å²) in [7, 11) is 0. The van der Waals surface area contributed by atoms with Crippen molar-refractivity contribution in [1.82, 2.24) is 0 Å². The number of aromatic carboxylic acids is 2. The lowest BCUT2D eigenvalue weighted by Crippen LogP contribution is -2.09. The molecule has 0 aromatic heterocycles. The molecule has 0 spiro atoms. The minimum atomic E-state index is -1.34. The van der Waals surface area contributed by atoms with Crippen molar-refractivity contribution < 1.29 is 24.6 Å².